The molecular formula is C18H16N4O2S. The van der Waals surface area contributed by atoms with Gasteiger partial charge in [-0.05, 0) is 31.2 Å². The molecule has 3 aromatic rings. The van der Waals surface area contributed by atoms with Gasteiger partial charge in [-0.3, -0.25) is 19.1 Å². The molecule has 25 heavy (non-hydrogen) atoms. The zero-order valence-electron chi connectivity index (χ0n) is 13.6. The maximum Gasteiger partial charge on any atom is 0.254 e. The summed E-state index contributed by atoms with van der Waals surface area (Å²) in [5.41, 5.74) is 2.40. The topological polar surface area (TPSA) is 76.9 Å². The minimum atomic E-state index is -0.284. The second-order valence-electron chi connectivity index (χ2n) is 6.00. The predicted molar refractivity (Wildman–Crippen MR) is 97.8 cm³/mol. The summed E-state index contributed by atoms with van der Waals surface area (Å²) in [4.78, 5) is 33.4. The fraction of sp³-hybridized carbons (Fsp3) is 0.222. The fourth-order valence-corrected chi connectivity index (χ4v) is 3.97. The van der Waals surface area contributed by atoms with E-state index in [0.717, 1.165) is 22.3 Å². The van der Waals surface area contributed by atoms with Gasteiger partial charge in [0.25, 0.3) is 5.56 Å². The molecule has 6 nitrogen and oxygen atoms in total. The van der Waals surface area contributed by atoms with Crippen molar-refractivity contribution in [1.29, 1.82) is 0 Å². The van der Waals surface area contributed by atoms with E-state index < -0.39 is 0 Å². The molecule has 0 radical (unpaired) electrons. The third-order valence-corrected chi connectivity index (χ3v) is 5.37. The Hall–Kier alpha value is -2.67. The Balaban J connectivity index is 1.59. The second-order valence-corrected chi connectivity index (χ2v) is 6.99. The zero-order chi connectivity index (χ0) is 17.4. The first-order valence-corrected chi connectivity index (χ1v) is 8.96. The highest BCUT2D eigenvalue weighted by Gasteiger charge is 2.26. The van der Waals surface area contributed by atoms with Gasteiger partial charge in [0.15, 0.2) is 5.16 Å². The lowest BCUT2D eigenvalue weighted by atomic mass is 10.1. The molecule has 0 fully saturated rings. The predicted octanol–water partition coefficient (Wildman–Crippen LogP) is 2.46. The zero-order valence-corrected chi connectivity index (χ0v) is 14.4. The summed E-state index contributed by atoms with van der Waals surface area (Å²) in [5.74, 6) is 0.222. The lowest BCUT2D eigenvalue weighted by Crippen LogP contribution is -2.36. The van der Waals surface area contributed by atoms with Crippen molar-refractivity contribution in [1.82, 2.24) is 14.5 Å². The number of carbonyl (C=O) groups excluding carboxylic acids is 1. The molecule has 1 aromatic carbocycles. The SMILES string of the molecule is Cc1ccc2c(NC(=O)C3CSc4nccc(=O)n4C3)cccc2n1. The molecule has 1 unspecified atom stereocenters. The number of pyridine rings is 1. The van der Waals surface area contributed by atoms with E-state index in [9.17, 15) is 9.59 Å². The Bertz CT molecular complexity index is 1030. The summed E-state index contributed by atoms with van der Waals surface area (Å²) in [5, 5.41) is 4.57. The average molecular weight is 352 g/mol. The van der Waals surface area contributed by atoms with Gasteiger partial charge in [-0.15, -0.1) is 0 Å². The molecule has 0 saturated carbocycles. The fourth-order valence-electron chi connectivity index (χ4n) is 2.91. The van der Waals surface area contributed by atoms with Crippen LogP contribution in [0.25, 0.3) is 10.9 Å². The van der Waals surface area contributed by atoms with Gasteiger partial charge in [0, 0.05) is 35.6 Å². The first-order chi connectivity index (χ1) is 12.1. The molecule has 1 N–H and O–H groups in total. The molecule has 3 heterocycles. The molecule has 0 aliphatic carbocycles. The summed E-state index contributed by atoms with van der Waals surface area (Å²) in [7, 11) is 0. The molecule has 1 aliphatic heterocycles. The second kappa shape index (κ2) is 6.33. The summed E-state index contributed by atoms with van der Waals surface area (Å²) < 4.78 is 1.56. The van der Waals surface area contributed by atoms with E-state index in [-0.39, 0.29) is 17.4 Å². The van der Waals surface area contributed by atoms with Gasteiger partial charge in [0.2, 0.25) is 5.91 Å². The minimum absolute atomic E-state index is 0.0954. The molecule has 2 aromatic heterocycles. The summed E-state index contributed by atoms with van der Waals surface area (Å²) in [6.07, 6.45) is 1.51. The highest BCUT2D eigenvalue weighted by molar-refractivity contribution is 7.99. The summed E-state index contributed by atoms with van der Waals surface area (Å²) >= 11 is 1.43. The summed E-state index contributed by atoms with van der Waals surface area (Å²) in [6.45, 7) is 2.29. The van der Waals surface area contributed by atoms with Gasteiger partial charge in [-0.1, -0.05) is 17.8 Å². The Labute approximate surface area is 148 Å². The molecule has 126 valence electrons. The van der Waals surface area contributed by atoms with Crippen molar-refractivity contribution in [3.63, 3.8) is 0 Å². The van der Waals surface area contributed by atoms with Crippen LogP contribution in [0.15, 0.2) is 52.5 Å². The molecular weight excluding hydrogens is 336 g/mol. The van der Waals surface area contributed by atoms with E-state index in [2.05, 4.69) is 15.3 Å². The quantitative estimate of drug-likeness (QED) is 0.717. The van der Waals surface area contributed by atoms with Crippen molar-refractivity contribution < 1.29 is 4.79 Å². The molecule has 0 bridgehead atoms. The molecule has 1 aliphatic rings. The number of aryl methyl sites for hydroxylation is 1. The van der Waals surface area contributed by atoms with Crippen LogP contribution < -0.4 is 10.9 Å². The van der Waals surface area contributed by atoms with Crippen LogP contribution in [0.3, 0.4) is 0 Å². The van der Waals surface area contributed by atoms with Crippen molar-refractivity contribution >= 4 is 34.3 Å². The minimum Gasteiger partial charge on any atom is -0.325 e. The maximum absolute atomic E-state index is 12.7. The van der Waals surface area contributed by atoms with Crippen molar-refractivity contribution in [3.05, 3.63) is 58.6 Å². The van der Waals surface area contributed by atoms with Crippen LogP contribution in [0, 0.1) is 12.8 Å². The van der Waals surface area contributed by atoms with Crippen LogP contribution in [0.5, 0.6) is 0 Å². The molecule has 1 amide bonds. The number of thioether (sulfide) groups is 1. The number of rotatable bonds is 2. The smallest absolute Gasteiger partial charge is 0.254 e. The van der Waals surface area contributed by atoms with Crippen LogP contribution in [-0.2, 0) is 11.3 Å². The molecule has 0 spiro atoms. The van der Waals surface area contributed by atoms with E-state index in [1.807, 2.05) is 37.3 Å². The third-order valence-electron chi connectivity index (χ3n) is 4.22. The Morgan fingerprint density at radius 3 is 3.04 bits per heavy atom. The highest BCUT2D eigenvalue weighted by Crippen LogP contribution is 2.27. The average Bonchev–Trinajstić information content (AvgIpc) is 2.61. The van der Waals surface area contributed by atoms with E-state index in [0.29, 0.717) is 17.5 Å². The van der Waals surface area contributed by atoms with Gasteiger partial charge in [-0.2, -0.15) is 0 Å². The first-order valence-electron chi connectivity index (χ1n) is 7.98. The van der Waals surface area contributed by atoms with Crippen molar-refractivity contribution in [2.24, 2.45) is 5.92 Å². The normalized spacial score (nSPS) is 16.4. The van der Waals surface area contributed by atoms with Gasteiger partial charge in [0.1, 0.15) is 0 Å². The highest BCUT2D eigenvalue weighted by atomic mass is 32.2. The Morgan fingerprint density at radius 1 is 1.28 bits per heavy atom. The van der Waals surface area contributed by atoms with E-state index in [4.69, 9.17) is 0 Å². The third kappa shape index (κ3) is 3.02. The van der Waals surface area contributed by atoms with E-state index in [1.165, 1.54) is 24.0 Å². The number of nitrogens with zero attached hydrogens (tertiary/aromatic N) is 3. The van der Waals surface area contributed by atoms with Crippen molar-refractivity contribution in [2.75, 3.05) is 11.1 Å². The number of hydrogen-bond donors (Lipinski definition) is 1. The number of nitrogens with one attached hydrogen (secondary N) is 1. The Kier molecular flexibility index (Phi) is 4.01. The standard InChI is InChI=1S/C18H16N4O2S/c1-11-5-6-13-14(20-11)3-2-4-15(13)21-17(24)12-9-22-16(23)7-8-19-18(22)25-10-12/h2-8,12H,9-10H2,1H3,(H,21,24). The Morgan fingerprint density at radius 2 is 2.16 bits per heavy atom. The maximum atomic E-state index is 12.7. The number of aromatic nitrogens is 3. The number of hydrogen-bond acceptors (Lipinski definition) is 5. The molecule has 7 heteroatoms. The van der Waals surface area contributed by atoms with E-state index in [1.54, 1.807) is 4.57 Å². The molecule has 0 saturated heterocycles. The number of carbonyl (C=O) groups is 1. The number of fused-ring (bicyclic) bond motifs is 2. The number of amides is 1. The van der Waals surface area contributed by atoms with Crippen LogP contribution in [0.4, 0.5) is 5.69 Å². The van der Waals surface area contributed by atoms with Gasteiger partial charge < -0.3 is 5.32 Å². The van der Waals surface area contributed by atoms with Gasteiger partial charge in [-0.25, -0.2) is 4.98 Å². The van der Waals surface area contributed by atoms with Crippen LogP contribution in [-0.4, -0.2) is 26.2 Å². The number of anilines is 1. The van der Waals surface area contributed by atoms with E-state index >= 15 is 0 Å². The first kappa shape index (κ1) is 15.8. The van der Waals surface area contributed by atoms with Gasteiger partial charge >= 0.3 is 0 Å². The lowest BCUT2D eigenvalue weighted by Gasteiger charge is -2.24. The van der Waals surface area contributed by atoms with Gasteiger partial charge in [0.05, 0.1) is 17.1 Å². The van der Waals surface area contributed by atoms with Crippen LogP contribution in [0.2, 0.25) is 0 Å². The number of benzene rings is 1. The van der Waals surface area contributed by atoms with Crippen LogP contribution >= 0.6 is 11.8 Å². The van der Waals surface area contributed by atoms with Crippen molar-refractivity contribution in [2.45, 2.75) is 18.6 Å². The summed E-state index contributed by atoms with van der Waals surface area (Å²) in [6, 6.07) is 11.0. The van der Waals surface area contributed by atoms with Crippen molar-refractivity contribution in [3.8, 4) is 0 Å². The monoisotopic (exact) mass is 352 g/mol. The molecule has 1 atom stereocenters. The molecule has 4 rings (SSSR count). The lowest BCUT2D eigenvalue weighted by molar-refractivity contribution is -0.119. The largest absolute Gasteiger partial charge is 0.325 e. The van der Waals surface area contributed by atoms with Crippen LogP contribution in [0.1, 0.15) is 5.69 Å².